The Morgan fingerprint density at radius 3 is 2.81 bits per heavy atom. The van der Waals surface area contributed by atoms with Gasteiger partial charge in [0.15, 0.2) is 0 Å². The van der Waals surface area contributed by atoms with Gasteiger partial charge in [0.2, 0.25) is 0 Å². The predicted molar refractivity (Wildman–Crippen MR) is 87.5 cm³/mol. The van der Waals surface area contributed by atoms with Crippen LogP contribution in [0.25, 0.3) is 0 Å². The Morgan fingerprint density at radius 2 is 2.00 bits per heavy atom. The second-order valence-electron chi connectivity index (χ2n) is 7.13. The Hall–Kier alpha value is -0.830. The monoisotopic (exact) mass is 289 g/mol. The average Bonchev–Trinajstić information content (AvgIpc) is 2.86. The minimum absolute atomic E-state index is 0.294. The van der Waals surface area contributed by atoms with Gasteiger partial charge < -0.3 is 5.32 Å². The van der Waals surface area contributed by atoms with Gasteiger partial charge >= 0.3 is 0 Å². The summed E-state index contributed by atoms with van der Waals surface area (Å²) in [5.41, 5.74) is 1.58. The molecule has 1 saturated heterocycles. The molecular weight excluding hydrogens is 258 g/mol. The molecule has 1 saturated carbocycles. The second-order valence-corrected chi connectivity index (χ2v) is 7.13. The summed E-state index contributed by atoms with van der Waals surface area (Å²) in [7, 11) is 0. The quantitative estimate of drug-likeness (QED) is 0.898. The molecule has 1 N–H and O–H groups in total. The zero-order valence-corrected chi connectivity index (χ0v) is 13.6. The molecule has 1 aromatic heterocycles. The van der Waals surface area contributed by atoms with Crippen LogP contribution < -0.4 is 5.32 Å². The van der Waals surface area contributed by atoms with E-state index in [4.69, 9.17) is 5.10 Å². The maximum atomic E-state index is 4.93. The van der Waals surface area contributed by atoms with Gasteiger partial charge in [0.05, 0.1) is 11.7 Å². The van der Waals surface area contributed by atoms with E-state index in [-0.39, 0.29) is 0 Å². The number of nitrogens with one attached hydrogen (secondary N) is 1. The zero-order valence-electron chi connectivity index (χ0n) is 13.6. The van der Waals surface area contributed by atoms with Crippen molar-refractivity contribution in [2.45, 2.75) is 89.1 Å². The number of hydrogen-bond acceptors (Lipinski definition) is 2. The van der Waals surface area contributed by atoms with Gasteiger partial charge in [-0.25, -0.2) is 0 Å². The fourth-order valence-electron chi connectivity index (χ4n) is 4.15. The second kappa shape index (κ2) is 6.95. The molecule has 0 bridgehead atoms. The molecule has 0 spiro atoms. The van der Waals surface area contributed by atoms with Gasteiger partial charge in [-0.15, -0.1) is 0 Å². The van der Waals surface area contributed by atoms with Crippen molar-refractivity contribution in [3.8, 4) is 0 Å². The van der Waals surface area contributed by atoms with Crippen molar-refractivity contribution in [3.05, 3.63) is 18.0 Å². The third-order valence-corrected chi connectivity index (χ3v) is 5.64. The molecule has 2 fully saturated rings. The fourth-order valence-corrected chi connectivity index (χ4v) is 4.15. The average molecular weight is 289 g/mol. The third-order valence-electron chi connectivity index (χ3n) is 5.64. The lowest BCUT2D eigenvalue weighted by Gasteiger charge is -2.32. The van der Waals surface area contributed by atoms with Crippen molar-refractivity contribution >= 4 is 0 Å². The van der Waals surface area contributed by atoms with Crippen LogP contribution in [-0.2, 0) is 6.42 Å². The highest BCUT2D eigenvalue weighted by Gasteiger charge is 2.30. The van der Waals surface area contributed by atoms with Crippen LogP contribution in [0.5, 0.6) is 0 Å². The predicted octanol–water partition coefficient (Wildman–Crippen LogP) is 4.24. The van der Waals surface area contributed by atoms with Crippen molar-refractivity contribution in [1.82, 2.24) is 15.1 Å². The van der Waals surface area contributed by atoms with E-state index in [2.05, 4.69) is 29.2 Å². The lowest BCUT2D eigenvalue weighted by atomic mass is 9.86. The van der Waals surface area contributed by atoms with Gasteiger partial charge in [0.1, 0.15) is 0 Å². The maximum Gasteiger partial charge on any atom is 0.0643 e. The highest BCUT2D eigenvalue weighted by atomic mass is 15.3. The highest BCUT2D eigenvalue weighted by Crippen LogP contribution is 2.29. The van der Waals surface area contributed by atoms with E-state index < -0.39 is 0 Å². The maximum absolute atomic E-state index is 4.93. The van der Waals surface area contributed by atoms with Gasteiger partial charge in [-0.1, -0.05) is 39.0 Å². The lowest BCUT2D eigenvalue weighted by molar-refractivity contribution is 0.293. The summed E-state index contributed by atoms with van der Waals surface area (Å²) in [5, 5.41) is 8.76. The van der Waals surface area contributed by atoms with Gasteiger partial charge in [-0.2, -0.15) is 5.10 Å². The van der Waals surface area contributed by atoms with Crippen molar-refractivity contribution < 1.29 is 0 Å². The number of nitrogens with zero attached hydrogens (tertiary/aromatic N) is 2. The molecular formula is C18H31N3. The van der Waals surface area contributed by atoms with E-state index >= 15 is 0 Å². The first-order chi connectivity index (χ1) is 10.3. The summed E-state index contributed by atoms with van der Waals surface area (Å²) in [6.07, 6.45) is 16.7. The van der Waals surface area contributed by atoms with E-state index in [1.54, 1.807) is 0 Å². The van der Waals surface area contributed by atoms with Crippen molar-refractivity contribution in [3.63, 3.8) is 0 Å². The van der Waals surface area contributed by atoms with E-state index in [1.807, 2.05) is 0 Å². The van der Waals surface area contributed by atoms with E-state index in [0.29, 0.717) is 11.6 Å². The molecule has 3 heteroatoms. The molecule has 1 unspecified atom stereocenters. The normalized spacial score (nSPS) is 28.4. The Bertz CT molecular complexity index is 423. The van der Waals surface area contributed by atoms with Crippen LogP contribution in [0.15, 0.2) is 12.3 Å². The number of aromatic nitrogens is 2. The minimum atomic E-state index is 0.294. The van der Waals surface area contributed by atoms with E-state index in [9.17, 15) is 0 Å². The Balaban J connectivity index is 1.67. The topological polar surface area (TPSA) is 29.9 Å². The van der Waals surface area contributed by atoms with Crippen LogP contribution in [0.2, 0.25) is 0 Å². The van der Waals surface area contributed by atoms with E-state index in [1.165, 1.54) is 76.4 Å². The van der Waals surface area contributed by atoms with Crippen molar-refractivity contribution in [1.29, 1.82) is 0 Å². The summed E-state index contributed by atoms with van der Waals surface area (Å²) in [4.78, 5) is 0. The summed E-state index contributed by atoms with van der Waals surface area (Å²) in [6, 6.07) is 2.92. The van der Waals surface area contributed by atoms with Gasteiger partial charge in [-0.05, 0) is 44.7 Å². The molecule has 118 valence electrons. The molecule has 1 aliphatic carbocycles. The molecule has 3 nitrogen and oxygen atoms in total. The van der Waals surface area contributed by atoms with Crippen molar-refractivity contribution in [2.75, 3.05) is 6.54 Å². The first-order valence-corrected chi connectivity index (χ1v) is 9.10. The molecule has 3 rings (SSSR count). The summed E-state index contributed by atoms with van der Waals surface area (Å²) < 4.78 is 2.26. The highest BCUT2D eigenvalue weighted by molar-refractivity contribution is 5.07. The molecule has 1 aromatic rings. The molecule has 21 heavy (non-hydrogen) atoms. The SMILES string of the molecule is CCC1(Cc2ccn(C3CCCCC3)n2)CCCCCN1. The lowest BCUT2D eigenvalue weighted by Crippen LogP contribution is -2.46. The van der Waals surface area contributed by atoms with Crippen LogP contribution in [0, 0.1) is 0 Å². The molecule has 0 radical (unpaired) electrons. The van der Waals surface area contributed by atoms with Crippen LogP contribution in [0.4, 0.5) is 0 Å². The molecule has 1 aliphatic heterocycles. The van der Waals surface area contributed by atoms with Gasteiger partial charge in [0.25, 0.3) is 0 Å². The number of rotatable bonds is 4. The van der Waals surface area contributed by atoms with Crippen molar-refractivity contribution in [2.24, 2.45) is 0 Å². The first-order valence-electron chi connectivity index (χ1n) is 9.10. The standard InChI is InChI=1S/C18H31N3/c1-2-18(12-7-4-8-13-19-18)15-16-11-14-21(20-16)17-9-5-3-6-10-17/h11,14,17,19H,2-10,12-13,15H2,1H3. The third kappa shape index (κ3) is 3.68. The van der Waals surface area contributed by atoms with Crippen LogP contribution in [0.3, 0.4) is 0 Å². The Kier molecular flexibility index (Phi) is 4.99. The largest absolute Gasteiger partial charge is 0.311 e. The molecule has 2 heterocycles. The molecule has 1 atom stereocenters. The smallest absolute Gasteiger partial charge is 0.0643 e. The Labute approximate surface area is 129 Å². The fraction of sp³-hybridized carbons (Fsp3) is 0.833. The summed E-state index contributed by atoms with van der Waals surface area (Å²) in [6.45, 7) is 3.51. The minimum Gasteiger partial charge on any atom is -0.311 e. The van der Waals surface area contributed by atoms with Gasteiger partial charge in [0, 0.05) is 18.2 Å². The van der Waals surface area contributed by atoms with E-state index in [0.717, 1.165) is 6.42 Å². The molecule has 0 aromatic carbocycles. The van der Waals surface area contributed by atoms with Crippen LogP contribution in [0.1, 0.15) is 82.9 Å². The number of hydrogen-bond donors (Lipinski definition) is 1. The molecule has 0 amide bonds. The van der Waals surface area contributed by atoms with Gasteiger partial charge in [-0.3, -0.25) is 4.68 Å². The molecule has 2 aliphatic rings. The first kappa shape index (κ1) is 15.1. The van der Waals surface area contributed by atoms with Crippen LogP contribution >= 0.6 is 0 Å². The summed E-state index contributed by atoms with van der Waals surface area (Å²) >= 11 is 0. The zero-order chi connectivity index (χ0) is 14.5. The Morgan fingerprint density at radius 1 is 1.19 bits per heavy atom. The summed E-state index contributed by atoms with van der Waals surface area (Å²) in [5.74, 6) is 0. The van der Waals surface area contributed by atoms with Crippen LogP contribution in [-0.4, -0.2) is 21.9 Å².